The highest BCUT2D eigenvalue weighted by Crippen LogP contribution is 2.13. The number of rotatable bonds is 2. The lowest BCUT2D eigenvalue weighted by Crippen LogP contribution is -2.20. The van der Waals surface area contributed by atoms with E-state index in [9.17, 15) is 0 Å². The van der Waals surface area contributed by atoms with Gasteiger partial charge < -0.3 is 9.47 Å². The van der Waals surface area contributed by atoms with Crippen molar-refractivity contribution >= 4 is 10.2 Å². The average Bonchev–Trinajstić information content (AvgIpc) is 1.78. The molecule has 3 heteroatoms. The first kappa shape index (κ1) is 12.6. The van der Waals surface area contributed by atoms with Gasteiger partial charge in [0.25, 0.3) is 0 Å². The second kappa shape index (κ2) is 4.18. The smallest absolute Gasteiger partial charge is 0.115 e. The van der Waals surface area contributed by atoms with E-state index in [1.54, 1.807) is 6.26 Å². The molecule has 0 fully saturated rings. The van der Waals surface area contributed by atoms with Crippen LogP contribution >= 0.6 is 0 Å². The Bertz CT molecular complexity index is 184. The molecule has 0 rings (SSSR count). The summed E-state index contributed by atoms with van der Waals surface area (Å²) in [6.07, 6.45) is 1.73. The molecule has 0 atom stereocenters. The standard InChI is InChI=1S/C10H22O2Si/c1-9(2,3)11-7-8(13)12-10(4,5)6/h7H,1-6,13H3. The third-order valence-corrected chi connectivity index (χ3v) is 1.49. The van der Waals surface area contributed by atoms with E-state index in [0.29, 0.717) is 0 Å². The van der Waals surface area contributed by atoms with Crippen LogP contribution in [0, 0.1) is 0 Å². The molecule has 0 aromatic rings. The van der Waals surface area contributed by atoms with Gasteiger partial charge in [0.15, 0.2) is 0 Å². The van der Waals surface area contributed by atoms with Crippen molar-refractivity contribution in [3.05, 3.63) is 11.6 Å². The minimum atomic E-state index is -0.128. The molecule has 0 N–H and O–H groups in total. The van der Waals surface area contributed by atoms with Gasteiger partial charge >= 0.3 is 0 Å². The lowest BCUT2D eigenvalue weighted by atomic mass is 10.2. The Morgan fingerprint density at radius 2 is 1.46 bits per heavy atom. The van der Waals surface area contributed by atoms with Crippen molar-refractivity contribution < 1.29 is 9.47 Å². The topological polar surface area (TPSA) is 18.5 Å². The van der Waals surface area contributed by atoms with Gasteiger partial charge in [-0.2, -0.15) is 0 Å². The first-order valence-electron chi connectivity index (χ1n) is 4.64. The van der Waals surface area contributed by atoms with E-state index >= 15 is 0 Å². The molecule has 0 aromatic carbocycles. The van der Waals surface area contributed by atoms with Crippen molar-refractivity contribution in [2.24, 2.45) is 0 Å². The Morgan fingerprint density at radius 3 is 1.77 bits per heavy atom. The average molecular weight is 202 g/mol. The van der Waals surface area contributed by atoms with Crippen LogP contribution in [0.15, 0.2) is 11.6 Å². The number of hydrogen-bond donors (Lipinski definition) is 0. The normalized spacial score (nSPS) is 14.5. The molecule has 0 amide bonds. The van der Waals surface area contributed by atoms with Crippen LogP contribution in [0.1, 0.15) is 41.5 Å². The highest BCUT2D eigenvalue weighted by atomic mass is 28.1. The van der Waals surface area contributed by atoms with E-state index in [1.165, 1.54) is 0 Å². The lowest BCUT2D eigenvalue weighted by Gasteiger charge is -2.24. The van der Waals surface area contributed by atoms with Gasteiger partial charge in [-0.05, 0) is 41.5 Å². The Balaban J connectivity index is 4.05. The Hall–Kier alpha value is -0.443. The highest BCUT2D eigenvalue weighted by molar-refractivity contribution is 6.20. The molecule has 13 heavy (non-hydrogen) atoms. The monoisotopic (exact) mass is 202 g/mol. The molecule has 0 saturated heterocycles. The van der Waals surface area contributed by atoms with Gasteiger partial charge in [-0.15, -0.1) is 0 Å². The van der Waals surface area contributed by atoms with E-state index in [0.717, 1.165) is 15.6 Å². The molecule has 0 aliphatic heterocycles. The number of ether oxygens (including phenoxy) is 2. The van der Waals surface area contributed by atoms with Crippen LogP contribution in [0.5, 0.6) is 0 Å². The highest BCUT2D eigenvalue weighted by Gasteiger charge is 2.12. The molecular weight excluding hydrogens is 180 g/mol. The van der Waals surface area contributed by atoms with Crippen LogP contribution in [-0.4, -0.2) is 21.4 Å². The minimum absolute atomic E-state index is 0.116. The zero-order chi connectivity index (χ0) is 10.7. The summed E-state index contributed by atoms with van der Waals surface area (Å²) in [6.45, 7) is 12.2. The van der Waals surface area contributed by atoms with Gasteiger partial charge in [-0.25, -0.2) is 0 Å². The van der Waals surface area contributed by atoms with Crippen LogP contribution in [0.2, 0.25) is 0 Å². The molecule has 2 nitrogen and oxygen atoms in total. The Morgan fingerprint density at radius 1 is 1.00 bits per heavy atom. The van der Waals surface area contributed by atoms with Crippen molar-refractivity contribution in [3.63, 3.8) is 0 Å². The summed E-state index contributed by atoms with van der Waals surface area (Å²) in [6, 6.07) is 0. The zero-order valence-electron chi connectivity index (χ0n) is 9.89. The summed E-state index contributed by atoms with van der Waals surface area (Å²) < 4.78 is 11.1. The van der Waals surface area contributed by atoms with Gasteiger partial charge in [-0.1, -0.05) is 0 Å². The number of hydrogen-bond acceptors (Lipinski definition) is 2. The van der Waals surface area contributed by atoms with Crippen LogP contribution in [0.4, 0.5) is 0 Å². The second-order valence-electron chi connectivity index (χ2n) is 5.17. The fourth-order valence-electron chi connectivity index (χ4n) is 0.767. The van der Waals surface area contributed by atoms with Gasteiger partial charge in [0, 0.05) is 0 Å². The van der Waals surface area contributed by atoms with Gasteiger partial charge in [0.1, 0.15) is 6.26 Å². The van der Waals surface area contributed by atoms with Crippen molar-refractivity contribution in [3.8, 4) is 0 Å². The molecular formula is C10H22O2Si. The summed E-state index contributed by atoms with van der Waals surface area (Å²) in [7, 11) is 0.877. The van der Waals surface area contributed by atoms with E-state index in [2.05, 4.69) is 0 Å². The Labute approximate surface area is 84.7 Å². The van der Waals surface area contributed by atoms with Crippen LogP contribution in [0.25, 0.3) is 0 Å². The molecule has 0 unspecified atom stereocenters. The van der Waals surface area contributed by atoms with Gasteiger partial charge in [0.05, 0.1) is 26.8 Å². The van der Waals surface area contributed by atoms with E-state index in [-0.39, 0.29) is 11.2 Å². The van der Waals surface area contributed by atoms with Gasteiger partial charge in [0.2, 0.25) is 0 Å². The van der Waals surface area contributed by atoms with Crippen molar-refractivity contribution in [1.82, 2.24) is 0 Å². The summed E-state index contributed by atoms with van der Waals surface area (Å²) in [5.41, 5.74) is -0.244. The van der Waals surface area contributed by atoms with Crippen LogP contribution in [0.3, 0.4) is 0 Å². The zero-order valence-corrected chi connectivity index (χ0v) is 11.9. The SMILES string of the molecule is CC(C)(C)OC=C([SiH3])OC(C)(C)C. The van der Waals surface area contributed by atoms with Crippen LogP contribution < -0.4 is 0 Å². The molecule has 0 aromatic heterocycles. The Kier molecular flexibility index (Phi) is 4.04. The maximum atomic E-state index is 5.63. The first-order chi connectivity index (χ1) is 5.60. The maximum Gasteiger partial charge on any atom is 0.115 e. The van der Waals surface area contributed by atoms with E-state index < -0.39 is 0 Å². The quantitative estimate of drug-likeness (QED) is 0.502. The first-order valence-corrected chi connectivity index (χ1v) is 5.64. The predicted octanol–water partition coefficient (Wildman–Crippen LogP) is 1.78. The molecule has 78 valence electrons. The van der Waals surface area contributed by atoms with Crippen molar-refractivity contribution in [1.29, 1.82) is 0 Å². The molecule has 0 aliphatic carbocycles. The summed E-state index contributed by atoms with van der Waals surface area (Å²) in [5.74, 6) is 0. The van der Waals surface area contributed by atoms with Crippen LogP contribution in [-0.2, 0) is 9.47 Å². The fraction of sp³-hybridized carbons (Fsp3) is 0.800. The molecule has 0 saturated carbocycles. The maximum absolute atomic E-state index is 5.63. The second-order valence-corrected chi connectivity index (χ2v) is 6.16. The molecule has 0 aliphatic rings. The summed E-state index contributed by atoms with van der Waals surface area (Å²) in [5, 5.41) is 0.947. The van der Waals surface area contributed by atoms with Crippen molar-refractivity contribution in [2.45, 2.75) is 52.7 Å². The van der Waals surface area contributed by atoms with E-state index in [4.69, 9.17) is 9.47 Å². The van der Waals surface area contributed by atoms with E-state index in [1.807, 2.05) is 41.5 Å². The van der Waals surface area contributed by atoms with Crippen molar-refractivity contribution in [2.75, 3.05) is 0 Å². The largest absolute Gasteiger partial charge is 0.496 e. The third-order valence-electron chi connectivity index (χ3n) is 1.05. The molecule has 0 radical (unpaired) electrons. The molecule has 0 heterocycles. The van der Waals surface area contributed by atoms with Gasteiger partial charge in [-0.3, -0.25) is 0 Å². The third kappa shape index (κ3) is 9.47. The fourth-order valence-corrected chi connectivity index (χ4v) is 1.50. The lowest BCUT2D eigenvalue weighted by molar-refractivity contribution is 0.0365. The summed E-state index contributed by atoms with van der Waals surface area (Å²) in [4.78, 5) is 0. The summed E-state index contributed by atoms with van der Waals surface area (Å²) >= 11 is 0. The molecule has 0 spiro atoms. The minimum Gasteiger partial charge on any atom is -0.496 e. The predicted molar refractivity (Wildman–Crippen MR) is 59.7 cm³/mol. The molecule has 0 bridgehead atoms.